The number of carbonyl (C=O) groups excluding carboxylic acids is 1. The van der Waals surface area contributed by atoms with Crippen LogP contribution in [-0.4, -0.2) is 22.0 Å². The molecule has 3 aromatic rings. The largest absolute Gasteiger partial charge is 0.450 e. The highest BCUT2D eigenvalue weighted by Gasteiger charge is 2.21. The quantitative estimate of drug-likeness (QED) is 0.277. The number of amides is 1. The van der Waals surface area contributed by atoms with E-state index >= 15 is 0 Å². The Balaban J connectivity index is 1.67. The summed E-state index contributed by atoms with van der Waals surface area (Å²) in [4.78, 5) is 32.6. The standard InChI is InChI=1S/C20H12Cl2N4O6/c21-13-3-7-16(17(22)9-13)20(27)24-23-11-12-1-5-15(6-2-12)32-19-8-4-14(25(28)29)10-18(19)26(30)31/h1-11H,(H,24,27). The molecule has 0 aliphatic carbocycles. The van der Waals surface area contributed by atoms with Crippen molar-refractivity contribution in [1.29, 1.82) is 0 Å². The molecule has 0 spiro atoms. The fourth-order valence-corrected chi connectivity index (χ4v) is 2.99. The topological polar surface area (TPSA) is 137 Å². The summed E-state index contributed by atoms with van der Waals surface area (Å²) in [6.07, 6.45) is 1.37. The Labute approximate surface area is 190 Å². The van der Waals surface area contributed by atoms with Gasteiger partial charge in [0.05, 0.1) is 32.7 Å². The first-order chi connectivity index (χ1) is 15.2. The van der Waals surface area contributed by atoms with Gasteiger partial charge >= 0.3 is 5.69 Å². The Morgan fingerprint density at radius 3 is 2.31 bits per heavy atom. The van der Waals surface area contributed by atoms with E-state index in [0.29, 0.717) is 10.6 Å². The average Bonchev–Trinajstić information content (AvgIpc) is 2.74. The van der Waals surface area contributed by atoms with Crippen LogP contribution in [0.2, 0.25) is 10.0 Å². The third-order valence-corrected chi connectivity index (χ3v) is 4.56. The van der Waals surface area contributed by atoms with Gasteiger partial charge in [0.25, 0.3) is 11.6 Å². The maximum Gasteiger partial charge on any atom is 0.318 e. The summed E-state index contributed by atoms with van der Waals surface area (Å²) in [6, 6.07) is 13.8. The molecule has 1 N–H and O–H groups in total. The summed E-state index contributed by atoms with van der Waals surface area (Å²) in [5.41, 5.74) is 2.19. The van der Waals surface area contributed by atoms with E-state index in [0.717, 1.165) is 18.2 Å². The summed E-state index contributed by atoms with van der Waals surface area (Å²) in [6.45, 7) is 0. The molecular weight excluding hydrogens is 463 g/mol. The maximum atomic E-state index is 12.1. The van der Waals surface area contributed by atoms with Crippen LogP contribution in [0, 0.1) is 20.2 Å². The molecular formula is C20H12Cl2N4O6. The number of non-ortho nitro benzene ring substituents is 1. The number of nitrogens with zero attached hydrogens (tertiary/aromatic N) is 3. The van der Waals surface area contributed by atoms with Gasteiger partial charge in [-0.2, -0.15) is 5.10 Å². The molecule has 3 rings (SSSR count). The van der Waals surface area contributed by atoms with Crippen LogP contribution in [0.4, 0.5) is 11.4 Å². The maximum absolute atomic E-state index is 12.1. The Morgan fingerprint density at radius 2 is 1.69 bits per heavy atom. The van der Waals surface area contributed by atoms with Gasteiger partial charge in [0.15, 0.2) is 0 Å². The summed E-state index contributed by atoms with van der Waals surface area (Å²) < 4.78 is 5.48. The lowest BCUT2D eigenvalue weighted by atomic mass is 10.2. The van der Waals surface area contributed by atoms with Crippen LogP contribution >= 0.6 is 23.2 Å². The molecule has 162 valence electrons. The Hall–Kier alpha value is -4.02. The fourth-order valence-electron chi connectivity index (χ4n) is 2.50. The number of rotatable bonds is 7. The second-order valence-corrected chi connectivity index (χ2v) is 7.00. The van der Waals surface area contributed by atoms with E-state index < -0.39 is 27.1 Å². The van der Waals surface area contributed by atoms with Crippen molar-refractivity contribution in [2.45, 2.75) is 0 Å². The molecule has 3 aromatic carbocycles. The predicted molar refractivity (Wildman–Crippen MR) is 118 cm³/mol. The molecule has 10 nitrogen and oxygen atoms in total. The highest BCUT2D eigenvalue weighted by Crippen LogP contribution is 2.34. The molecule has 0 atom stereocenters. The predicted octanol–water partition coefficient (Wildman–Crippen LogP) is 5.37. The SMILES string of the molecule is O=C(NN=Cc1ccc(Oc2ccc([N+](=O)[O-])cc2[N+](=O)[O-])cc1)c1ccc(Cl)cc1Cl. The molecule has 0 radical (unpaired) electrons. The van der Waals surface area contributed by atoms with E-state index in [-0.39, 0.29) is 22.1 Å². The van der Waals surface area contributed by atoms with E-state index in [9.17, 15) is 25.0 Å². The van der Waals surface area contributed by atoms with Gasteiger partial charge in [-0.05, 0) is 54.1 Å². The molecule has 32 heavy (non-hydrogen) atoms. The molecule has 0 aliphatic heterocycles. The number of hydrazone groups is 1. The van der Waals surface area contributed by atoms with Crippen molar-refractivity contribution in [3.05, 3.63) is 102 Å². The minimum absolute atomic E-state index is 0.144. The lowest BCUT2D eigenvalue weighted by molar-refractivity contribution is -0.394. The van der Waals surface area contributed by atoms with Gasteiger partial charge in [0, 0.05) is 11.1 Å². The van der Waals surface area contributed by atoms with Crippen LogP contribution in [0.25, 0.3) is 0 Å². The zero-order valence-electron chi connectivity index (χ0n) is 15.9. The number of nitro groups is 2. The first-order valence-electron chi connectivity index (χ1n) is 8.74. The molecule has 0 aliphatic rings. The number of ether oxygens (including phenoxy) is 1. The summed E-state index contributed by atoms with van der Waals surface area (Å²) in [5, 5.41) is 26.4. The van der Waals surface area contributed by atoms with Gasteiger partial charge in [0.1, 0.15) is 5.75 Å². The number of carbonyl (C=O) groups is 1. The number of nitrogens with one attached hydrogen (secondary N) is 1. The highest BCUT2D eigenvalue weighted by molar-refractivity contribution is 6.36. The van der Waals surface area contributed by atoms with Crippen LogP contribution < -0.4 is 10.2 Å². The van der Waals surface area contributed by atoms with E-state index in [4.69, 9.17) is 27.9 Å². The Morgan fingerprint density at radius 1 is 0.969 bits per heavy atom. The van der Waals surface area contributed by atoms with Gasteiger partial charge < -0.3 is 4.74 Å². The minimum Gasteiger partial charge on any atom is -0.450 e. The average molecular weight is 475 g/mol. The molecule has 0 unspecified atom stereocenters. The van der Waals surface area contributed by atoms with Crippen molar-refractivity contribution in [2.24, 2.45) is 5.10 Å². The molecule has 0 saturated carbocycles. The van der Waals surface area contributed by atoms with Crippen molar-refractivity contribution in [3.8, 4) is 11.5 Å². The van der Waals surface area contributed by atoms with Gasteiger partial charge in [-0.1, -0.05) is 23.2 Å². The van der Waals surface area contributed by atoms with Crippen LogP contribution in [-0.2, 0) is 0 Å². The molecule has 0 fully saturated rings. The minimum atomic E-state index is -0.765. The van der Waals surface area contributed by atoms with Crippen molar-refractivity contribution in [2.75, 3.05) is 0 Å². The summed E-state index contributed by atoms with van der Waals surface area (Å²) in [7, 11) is 0. The van der Waals surface area contributed by atoms with Crippen LogP contribution in [0.15, 0.2) is 65.8 Å². The second-order valence-electron chi connectivity index (χ2n) is 6.16. The number of hydrogen-bond donors (Lipinski definition) is 1. The number of hydrogen-bond acceptors (Lipinski definition) is 7. The number of benzene rings is 3. The lowest BCUT2D eigenvalue weighted by Gasteiger charge is -2.06. The van der Waals surface area contributed by atoms with Crippen molar-refractivity contribution >= 4 is 46.7 Å². The van der Waals surface area contributed by atoms with Crippen LogP contribution in [0.5, 0.6) is 11.5 Å². The summed E-state index contributed by atoms with van der Waals surface area (Å²) in [5.74, 6) is -0.404. The second kappa shape index (κ2) is 9.86. The van der Waals surface area contributed by atoms with Gasteiger partial charge in [-0.3, -0.25) is 25.0 Å². The van der Waals surface area contributed by atoms with Gasteiger partial charge in [-0.15, -0.1) is 0 Å². The zero-order valence-corrected chi connectivity index (χ0v) is 17.4. The van der Waals surface area contributed by atoms with E-state index in [2.05, 4.69) is 10.5 Å². The smallest absolute Gasteiger partial charge is 0.318 e. The zero-order chi connectivity index (χ0) is 23.3. The molecule has 0 saturated heterocycles. The lowest BCUT2D eigenvalue weighted by Crippen LogP contribution is -2.18. The van der Waals surface area contributed by atoms with E-state index in [1.807, 2.05) is 0 Å². The van der Waals surface area contributed by atoms with E-state index in [1.54, 1.807) is 12.1 Å². The van der Waals surface area contributed by atoms with Crippen molar-refractivity contribution < 1.29 is 19.4 Å². The van der Waals surface area contributed by atoms with Crippen molar-refractivity contribution in [3.63, 3.8) is 0 Å². The molecule has 0 heterocycles. The van der Waals surface area contributed by atoms with Crippen LogP contribution in [0.1, 0.15) is 15.9 Å². The molecule has 0 aromatic heterocycles. The normalized spacial score (nSPS) is 10.7. The van der Waals surface area contributed by atoms with Gasteiger partial charge in [0.2, 0.25) is 5.75 Å². The molecule has 0 bridgehead atoms. The van der Waals surface area contributed by atoms with Gasteiger partial charge in [-0.25, -0.2) is 5.43 Å². The first-order valence-corrected chi connectivity index (χ1v) is 9.49. The highest BCUT2D eigenvalue weighted by atomic mass is 35.5. The van der Waals surface area contributed by atoms with Crippen LogP contribution in [0.3, 0.4) is 0 Å². The molecule has 1 amide bonds. The number of nitro benzene ring substituents is 2. The third-order valence-electron chi connectivity index (χ3n) is 4.01. The van der Waals surface area contributed by atoms with E-state index in [1.165, 1.54) is 36.5 Å². The third kappa shape index (κ3) is 5.56. The monoisotopic (exact) mass is 474 g/mol. The molecule has 12 heteroatoms. The number of halogens is 2. The first kappa shape index (κ1) is 22.7. The van der Waals surface area contributed by atoms with Crippen molar-refractivity contribution in [1.82, 2.24) is 5.43 Å². The summed E-state index contributed by atoms with van der Waals surface area (Å²) >= 11 is 11.8. The Kier molecular flexibility index (Phi) is 6.98. The Bertz CT molecular complexity index is 1230. The fraction of sp³-hybridized carbons (Fsp3) is 0.